The number of nitrogens with two attached hydrogens (primary N) is 1. The van der Waals surface area contributed by atoms with Crippen molar-refractivity contribution in [2.45, 2.75) is 31.5 Å². The van der Waals surface area contributed by atoms with Gasteiger partial charge in [0.15, 0.2) is 5.82 Å². The van der Waals surface area contributed by atoms with E-state index in [1.807, 2.05) is 13.8 Å². The number of hydrogen-bond acceptors (Lipinski definition) is 5. The maximum absolute atomic E-state index is 12.9. The third kappa shape index (κ3) is 3.97. The number of carbonyl (C=O) groups excluding carboxylic acids is 1. The molecule has 1 amide bonds. The number of rotatable bonds is 6. The van der Waals surface area contributed by atoms with E-state index in [1.54, 1.807) is 12.1 Å². The monoisotopic (exact) mass is 323 g/mol. The van der Waals surface area contributed by atoms with E-state index in [1.165, 1.54) is 28.6 Å². The predicted molar refractivity (Wildman–Crippen MR) is 84.2 cm³/mol. The van der Waals surface area contributed by atoms with Crippen LogP contribution in [-0.4, -0.2) is 32.6 Å². The second kappa shape index (κ2) is 7.26. The molecule has 0 bridgehead atoms. The standard InChI is InChI=1S/C14H18FN5OS/c1-3-9(2)17-12(21)8-22-14-19-18-13(20(14)16)10-4-6-11(15)7-5-10/h4-7,9H,3,8,16H2,1-2H3,(H,17,21)/t9-/m0/s1. The number of aromatic nitrogens is 3. The highest BCUT2D eigenvalue weighted by Crippen LogP contribution is 2.21. The number of carbonyl (C=O) groups is 1. The van der Waals surface area contributed by atoms with Crippen LogP contribution in [0, 0.1) is 5.82 Å². The summed E-state index contributed by atoms with van der Waals surface area (Å²) in [4.78, 5) is 11.7. The maximum Gasteiger partial charge on any atom is 0.230 e. The second-order valence-corrected chi connectivity index (χ2v) is 5.79. The van der Waals surface area contributed by atoms with Crippen molar-refractivity contribution in [3.8, 4) is 11.4 Å². The van der Waals surface area contributed by atoms with Gasteiger partial charge in [-0.3, -0.25) is 4.79 Å². The van der Waals surface area contributed by atoms with Crippen molar-refractivity contribution in [1.29, 1.82) is 0 Å². The molecule has 118 valence electrons. The Balaban J connectivity index is 2.02. The minimum atomic E-state index is -0.330. The molecule has 22 heavy (non-hydrogen) atoms. The fourth-order valence-corrected chi connectivity index (χ4v) is 2.39. The molecule has 2 aromatic rings. The van der Waals surface area contributed by atoms with Gasteiger partial charge in [0, 0.05) is 11.6 Å². The number of nitrogens with zero attached hydrogens (tertiary/aromatic N) is 3. The van der Waals surface area contributed by atoms with Crippen LogP contribution in [0.1, 0.15) is 20.3 Å². The first-order chi connectivity index (χ1) is 10.5. The van der Waals surface area contributed by atoms with Crippen molar-refractivity contribution in [2.24, 2.45) is 0 Å². The molecule has 3 N–H and O–H groups in total. The van der Waals surface area contributed by atoms with Crippen LogP contribution < -0.4 is 11.2 Å². The molecular formula is C14H18FN5OS. The first-order valence-electron chi connectivity index (χ1n) is 6.89. The molecule has 0 aliphatic rings. The second-order valence-electron chi connectivity index (χ2n) is 4.85. The summed E-state index contributed by atoms with van der Waals surface area (Å²) in [5, 5.41) is 11.2. The third-order valence-electron chi connectivity index (χ3n) is 3.12. The zero-order chi connectivity index (χ0) is 16.1. The van der Waals surface area contributed by atoms with Crippen molar-refractivity contribution in [3.63, 3.8) is 0 Å². The van der Waals surface area contributed by atoms with Crippen LogP contribution in [0.5, 0.6) is 0 Å². The van der Waals surface area contributed by atoms with E-state index in [9.17, 15) is 9.18 Å². The number of nitrogen functional groups attached to an aromatic ring is 1. The quantitative estimate of drug-likeness (QED) is 0.625. The van der Waals surface area contributed by atoms with Gasteiger partial charge >= 0.3 is 0 Å². The number of benzene rings is 1. The Hall–Kier alpha value is -2.09. The van der Waals surface area contributed by atoms with Crippen molar-refractivity contribution in [3.05, 3.63) is 30.1 Å². The highest BCUT2D eigenvalue weighted by molar-refractivity contribution is 7.99. The zero-order valence-corrected chi connectivity index (χ0v) is 13.2. The number of amides is 1. The first-order valence-corrected chi connectivity index (χ1v) is 7.88. The molecule has 0 saturated carbocycles. The van der Waals surface area contributed by atoms with Gasteiger partial charge in [0.1, 0.15) is 5.82 Å². The molecule has 2 rings (SSSR count). The third-order valence-corrected chi connectivity index (χ3v) is 4.06. The molecule has 1 aromatic heterocycles. The smallest absolute Gasteiger partial charge is 0.230 e. The summed E-state index contributed by atoms with van der Waals surface area (Å²) in [5.74, 6) is 6.16. The van der Waals surface area contributed by atoms with E-state index in [0.29, 0.717) is 16.5 Å². The SMILES string of the molecule is CC[C@H](C)NC(=O)CSc1nnc(-c2ccc(F)cc2)n1N. The van der Waals surface area contributed by atoms with E-state index < -0.39 is 0 Å². The summed E-state index contributed by atoms with van der Waals surface area (Å²) in [6, 6.07) is 5.95. The molecule has 0 aliphatic heterocycles. The molecule has 0 unspecified atom stereocenters. The minimum absolute atomic E-state index is 0.0781. The fourth-order valence-electron chi connectivity index (χ4n) is 1.72. The lowest BCUT2D eigenvalue weighted by atomic mass is 10.2. The van der Waals surface area contributed by atoms with Crippen LogP contribution in [0.2, 0.25) is 0 Å². The predicted octanol–water partition coefficient (Wildman–Crippen LogP) is 1.80. The van der Waals surface area contributed by atoms with Gasteiger partial charge in [0.05, 0.1) is 5.75 Å². The highest BCUT2D eigenvalue weighted by Gasteiger charge is 2.14. The van der Waals surface area contributed by atoms with Crippen LogP contribution in [0.3, 0.4) is 0 Å². The van der Waals surface area contributed by atoms with Crippen LogP contribution in [0.15, 0.2) is 29.4 Å². The van der Waals surface area contributed by atoms with Gasteiger partial charge in [-0.2, -0.15) is 0 Å². The average molecular weight is 323 g/mol. The Bertz CT molecular complexity index is 643. The molecular weight excluding hydrogens is 305 g/mol. The van der Waals surface area contributed by atoms with Crippen molar-refractivity contribution in [1.82, 2.24) is 20.2 Å². The minimum Gasteiger partial charge on any atom is -0.353 e. The Kier molecular flexibility index (Phi) is 5.37. The molecule has 1 aromatic carbocycles. The average Bonchev–Trinajstić information content (AvgIpc) is 2.87. The normalized spacial score (nSPS) is 12.1. The van der Waals surface area contributed by atoms with E-state index in [2.05, 4.69) is 15.5 Å². The number of thioether (sulfide) groups is 1. The Morgan fingerprint density at radius 2 is 2.09 bits per heavy atom. The molecule has 1 atom stereocenters. The zero-order valence-electron chi connectivity index (χ0n) is 12.4. The Labute approximate surface area is 132 Å². The number of halogens is 1. The molecule has 0 aliphatic carbocycles. The van der Waals surface area contributed by atoms with Crippen LogP contribution in [0.4, 0.5) is 4.39 Å². The number of nitrogens with one attached hydrogen (secondary N) is 1. The van der Waals surface area contributed by atoms with E-state index in [4.69, 9.17) is 5.84 Å². The molecule has 8 heteroatoms. The highest BCUT2D eigenvalue weighted by atomic mass is 32.2. The van der Waals surface area contributed by atoms with Gasteiger partial charge in [0.2, 0.25) is 11.1 Å². The topological polar surface area (TPSA) is 85.8 Å². The van der Waals surface area contributed by atoms with Crippen molar-refractivity contribution >= 4 is 17.7 Å². The Morgan fingerprint density at radius 3 is 2.73 bits per heavy atom. The van der Waals surface area contributed by atoms with Gasteiger partial charge in [-0.25, -0.2) is 9.07 Å². The van der Waals surface area contributed by atoms with Gasteiger partial charge in [0.25, 0.3) is 0 Å². The largest absolute Gasteiger partial charge is 0.353 e. The summed E-state index contributed by atoms with van der Waals surface area (Å²) in [6.45, 7) is 3.95. The van der Waals surface area contributed by atoms with Crippen molar-refractivity contribution in [2.75, 3.05) is 11.6 Å². The summed E-state index contributed by atoms with van der Waals surface area (Å²) in [7, 11) is 0. The number of hydrogen-bond donors (Lipinski definition) is 2. The van der Waals surface area contributed by atoms with Gasteiger partial charge in [-0.05, 0) is 37.6 Å². The van der Waals surface area contributed by atoms with Crippen molar-refractivity contribution < 1.29 is 9.18 Å². The van der Waals surface area contributed by atoms with E-state index in [-0.39, 0.29) is 23.5 Å². The molecule has 0 spiro atoms. The lowest BCUT2D eigenvalue weighted by Gasteiger charge is -2.10. The lowest BCUT2D eigenvalue weighted by Crippen LogP contribution is -2.33. The van der Waals surface area contributed by atoms with Gasteiger partial charge < -0.3 is 11.2 Å². The van der Waals surface area contributed by atoms with Gasteiger partial charge in [-0.15, -0.1) is 10.2 Å². The fraction of sp³-hybridized carbons (Fsp3) is 0.357. The van der Waals surface area contributed by atoms with Crippen LogP contribution in [-0.2, 0) is 4.79 Å². The molecule has 0 fully saturated rings. The molecule has 6 nitrogen and oxygen atoms in total. The van der Waals surface area contributed by atoms with Gasteiger partial charge in [-0.1, -0.05) is 18.7 Å². The van der Waals surface area contributed by atoms with Crippen LogP contribution >= 0.6 is 11.8 Å². The maximum atomic E-state index is 12.9. The Morgan fingerprint density at radius 1 is 1.41 bits per heavy atom. The van der Waals surface area contributed by atoms with E-state index >= 15 is 0 Å². The molecule has 0 radical (unpaired) electrons. The summed E-state index contributed by atoms with van der Waals surface area (Å²) in [5.41, 5.74) is 0.660. The molecule has 0 saturated heterocycles. The van der Waals surface area contributed by atoms with E-state index in [0.717, 1.165) is 6.42 Å². The lowest BCUT2D eigenvalue weighted by molar-refractivity contribution is -0.119. The molecule has 1 heterocycles. The summed E-state index contributed by atoms with van der Waals surface area (Å²) < 4.78 is 14.2. The summed E-state index contributed by atoms with van der Waals surface area (Å²) in [6.07, 6.45) is 0.873. The first kappa shape index (κ1) is 16.3. The summed E-state index contributed by atoms with van der Waals surface area (Å²) >= 11 is 1.20. The van der Waals surface area contributed by atoms with Crippen LogP contribution in [0.25, 0.3) is 11.4 Å².